The molecule has 0 aromatic heterocycles. The summed E-state index contributed by atoms with van der Waals surface area (Å²) in [6, 6.07) is 24.1. The van der Waals surface area contributed by atoms with Gasteiger partial charge in [-0.15, -0.1) is 0 Å². The topological polar surface area (TPSA) is 88.7 Å². The standard InChI is InChI=1S/C27H29N3O4/c31-26(18-28-22-10-5-12-24(16-22)34-19-25-13-6-14-33-25)30-23-11-4-9-21(15-23)27(32)29-17-20-7-2-1-3-8-20/h1-5,7-12,15-16,25,28H,6,13-14,17-19H2,(H,29,32)(H,30,31). The minimum atomic E-state index is -0.215. The molecule has 7 heteroatoms. The second-order valence-corrected chi connectivity index (χ2v) is 8.12. The zero-order valence-corrected chi connectivity index (χ0v) is 19.0. The van der Waals surface area contributed by atoms with Crippen LogP contribution < -0.4 is 20.7 Å². The highest BCUT2D eigenvalue weighted by molar-refractivity contribution is 5.98. The Hall–Kier alpha value is -3.84. The first-order valence-electron chi connectivity index (χ1n) is 11.5. The molecule has 34 heavy (non-hydrogen) atoms. The number of nitrogens with one attached hydrogen (secondary N) is 3. The molecular formula is C27H29N3O4. The van der Waals surface area contributed by atoms with E-state index in [1.54, 1.807) is 24.3 Å². The highest BCUT2D eigenvalue weighted by Crippen LogP contribution is 2.20. The zero-order valence-electron chi connectivity index (χ0n) is 19.0. The van der Waals surface area contributed by atoms with Gasteiger partial charge in [-0.3, -0.25) is 9.59 Å². The zero-order chi connectivity index (χ0) is 23.6. The molecule has 1 aliphatic heterocycles. The molecular weight excluding hydrogens is 430 g/mol. The molecule has 176 valence electrons. The van der Waals surface area contributed by atoms with Crippen molar-refractivity contribution in [1.29, 1.82) is 0 Å². The molecule has 0 radical (unpaired) electrons. The van der Waals surface area contributed by atoms with E-state index in [-0.39, 0.29) is 24.5 Å². The van der Waals surface area contributed by atoms with Gasteiger partial charge in [0.05, 0.1) is 12.6 Å². The van der Waals surface area contributed by atoms with E-state index in [0.717, 1.165) is 36.4 Å². The van der Waals surface area contributed by atoms with Gasteiger partial charge in [0.15, 0.2) is 0 Å². The summed E-state index contributed by atoms with van der Waals surface area (Å²) in [6.07, 6.45) is 2.25. The lowest BCUT2D eigenvalue weighted by Gasteiger charge is -2.13. The van der Waals surface area contributed by atoms with Crippen molar-refractivity contribution in [3.63, 3.8) is 0 Å². The van der Waals surface area contributed by atoms with E-state index in [2.05, 4.69) is 16.0 Å². The molecule has 1 heterocycles. The van der Waals surface area contributed by atoms with Crippen LogP contribution in [-0.2, 0) is 16.1 Å². The highest BCUT2D eigenvalue weighted by atomic mass is 16.5. The highest BCUT2D eigenvalue weighted by Gasteiger charge is 2.16. The molecule has 7 nitrogen and oxygen atoms in total. The molecule has 3 N–H and O–H groups in total. The van der Waals surface area contributed by atoms with Crippen LogP contribution in [0.1, 0.15) is 28.8 Å². The maximum atomic E-state index is 12.5. The summed E-state index contributed by atoms with van der Waals surface area (Å²) in [6.45, 7) is 1.85. The lowest BCUT2D eigenvalue weighted by atomic mass is 10.1. The minimum absolute atomic E-state index is 0.0830. The third kappa shape index (κ3) is 7.08. The van der Waals surface area contributed by atoms with Crippen LogP contribution in [0.5, 0.6) is 5.75 Å². The molecule has 0 spiro atoms. The first-order chi connectivity index (χ1) is 16.7. The Kier molecular flexibility index (Phi) is 8.13. The Labute approximate surface area is 199 Å². The van der Waals surface area contributed by atoms with Crippen LogP contribution in [0.2, 0.25) is 0 Å². The van der Waals surface area contributed by atoms with E-state index in [1.165, 1.54) is 0 Å². The van der Waals surface area contributed by atoms with E-state index in [0.29, 0.717) is 24.4 Å². The Morgan fingerprint density at radius 3 is 2.59 bits per heavy atom. The fourth-order valence-corrected chi connectivity index (χ4v) is 3.67. The number of anilines is 2. The molecule has 4 rings (SSSR count). The Balaban J connectivity index is 1.24. The number of benzene rings is 3. The molecule has 2 amide bonds. The second-order valence-electron chi connectivity index (χ2n) is 8.12. The molecule has 1 aliphatic rings. The van der Waals surface area contributed by atoms with Crippen molar-refractivity contribution in [2.45, 2.75) is 25.5 Å². The predicted octanol–water partition coefficient (Wildman–Crippen LogP) is 4.23. The molecule has 3 aromatic carbocycles. The van der Waals surface area contributed by atoms with Gasteiger partial charge in [0.25, 0.3) is 5.91 Å². The van der Waals surface area contributed by atoms with Crippen LogP contribution in [0, 0.1) is 0 Å². The van der Waals surface area contributed by atoms with E-state index >= 15 is 0 Å². The lowest BCUT2D eigenvalue weighted by Crippen LogP contribution is -2.24. The number of carbonyl (C=O) groups excluding carboxylic acids is 2. The first kappa shape index (κ1) is 23.3. The van der Waals surface area contributed by atoms with Crippen LogP contribution >= 0.6 is 0 Å². The molecule has 1 saturated heterocycles. The van der Waals surface area contributed by atoms with Crippen LogP contribution in [0.3, 0.4) is 0 Å². The average molecular weight is 460 g/mol. The van der Waals surface area contributed by atoms with Gasteiger partial charge in [0, 0.05) is 36.2 Å². The van der Waals surface area contributed by atoms with Crippen LogP contribution in [0.4, 0.5) is 11.4 Å². The number of ether oxygens (including phenoxy) is 2. The molecule has 0 saturated carbocycles. The fraction of sp³-hybridized carbons (Fsp3) is 0.259. The van der Waals surface area contributed by atoms with Crippen LogP contribution in [-0.4, -0.2) is 37.7 Å². The normalized spacial score (nSPS) is 14.9. The van der Waals surface area contributed by atoms with Gasteiger partial charge in [-0.25, -0.2) is 0 Å². The molecule has 1 atom stereocenters. The van der Waals surface area contributed by atoms with Crippen molar-refractivity contribution in [3.05, 3.63) is 90.0 Å². The summed E-state index contributed by atoms with van der Waals surface area (Å²) in [5, 5.41) is 8.83. The number of amides is 2. The third-order valence-electron chi connectivity index (χ3n) is 5.45. The van der Waals surface area contributed by atoms with Gasteiger partial charge in [0.2, 0.25) is 5.91 Å². The third-order valence-corrected chi connectivity index (χ3v) is 5.45. The second kappa shape index (κ2) is 11.9. The quantitative estimate of drug-likeness (QED) is 0.422. The van der Waals surface area contributed by atoms with Crippen molar-refractivity contribution < 1.29 is 19.1 Å². The van der Waals surface area contributed by atoms with Crippen molar-refractivity contribution in [3.8, 4) is 5.75 Å². The summed E-state index contributed by atoms with van der Waals surface area (Å²) in [5.74, 6) is 0.320. The largest absolute Gasteiger partial charge is 0.491 e. The Morgan fingerprint density at radius 2 is 1.76 bits per heavy atom. The minimum Gasteiger partial charge on any atom is -0.491 e. The van der Waals surface area contributed by atoms with Crippen LogP contribution in [0.15, 0.2) is 78.9 Å². The van der Waals surface area contributed by atoms with Gasteiger partial charge in [-0.1, -0.05) is 42.5 Å². The average Bonchev–Trinajstić information content (AvgIpc) is 3.40. The summed E-state index contributed by atoms with van der Waals surface area (Å²) < 4.78 is 11.4. The molecule has 0 bridgehead atoms. The maximum Gasteiger partial charge on any atom is 0.251 e. The Morgan fingerprint density at radius 1 is 0.941 bits per heavy atom. The van der Waals surface area contributed by atoms with Crippen molar-refractivity contribution in [2.24, 2.45) is 0 Å². The van der Waals surface area contributed by atoms with Gasteiger partial charge in [-0.05, 0) is 48.7 Å². The summed E-state index contributed by atoms with van der Waals surface area (Å²) in [5.41, 5.74) is 2.85. The lowest BCUT2D eigenvalue weighted by molar-refractivity contribution is -0.114. The van der Waals surface area contributed by atoms with Gasteiger partial charge < -0.3 is 25.4 Å². The van der Waals surface area contributed by atoms with Crippen molar-refractivity contribution in [1.82, 2.24) is 5.32 Å². The number of rotatable bonds is 10. The van der Waals surface area contributed by atoms with Crippen LogP contribution in [0.25, 0.3) is 0 Å². The number of hydrogen-bond acceptors (Lipinski definition) is 5. The van der Waals surface area contributed by atoms with E-state index in [4.69, 9.17) is 9.47 Å². The van der Waals surface area contributed by atoms with Gasteiger partial charge >= 0.3 is 0 Å². The molecule has 1 fully saturated rings. The van der Waals surface area contributed by atoms with E-state index in [1.807, 2.05) is 54.6 Å². The van der Waals surface area contributed by atoms with Crippen molar-refractivity contribution >= 4 is 23.2 Å². The number of carbonyl (C=O) groups is 2. The summed E-state index contributed by atoms with van der Waals surface area (Å²) >= 11 is 0. The maximum absolute atomic E-state index is 12.5. The Bertz CT molecular complexity index is 1100. The fourth-order valence-electron chi connectivity index (χ4n) is 3.67. The molecule has 0 aliphatic carbocycles. The summed E-state index contributed by atoms with van der Waals surface area (Å²) in [4.78, 5) is 24.9. The molecule has 3 aromatic rings. The monoisotopic (exact) mass is 459 g/mol. The van der Waals surface area contributed by atoms with Crippen molar-refractivity contribution in [2.75, 3.05) is 30.4 Å². The SMILES string of the molecule is O=C(CNc1cccc(OCC2CCCO2)c1)Nc1cccc(C(=O)NCc2ccccc2)c1. The van der Waals surface area contributed by atoms with Gasteiger partial charge in [-0.2, -0.15) is 0 Å². The van der Waals surface area contributed by atoms with Gasteiger partial charge in [0.1, 0.15) is 12.4 Å². The number of hydrogen-bond donors (Lipinski definition) is 3. The predicted molar refractivity (Wildman–Crippen MR) is 132 cm³/mol. The first-order valence-corrected chi connectivity index (χ1v) is 11.5. The van der Waals surface area contributed by atoms with E-state index < -0.39 is 0 Å². The van der Waals surface area contributed by atoms with E-state index in [9.17, 15) is 9.59 Å². The smallest absolute Gasteiger partial charge is 0.251 e. The summed E-state index contributed by atoms with van der Waals surface area (Å²) in [7, 11) is 0. The molecule has 1 unspecified atom stereocenters.